The van der Waals surface area contributed by atoms with E-state index in [1.165, 1.54) is 57.9 Å². The molecule has 6 aromatic rings. The van der Waals surface area contributed by atoms with Crippen LogP contribution in [-0.4, -0.2) is 57.9 Å². The molecular formula is C41H30Cl4F6N4O6S2. The molecule has 0 radical (unpaired) electrons. The molecular weight excluding hydrogens is 964 g/mol. The fourth-order valence-electron chi connectivity index (χ4n) is 8.40. The number of aromatic nitrogens is 4. The topological polar surface area (TPSA) is 144 Å². The quantitative estimate of drug-likeness (QED) is 0.0699. The van der Waals surface area contributed by atoms with Gasteiger partial charge in [0.1, 0.15) is 0 Å². The summed E-state index contributed by atoms with van der Waals surface area (Å²) in [6.07, 6.45) is -11.4. The molecule has 2 unspecified atom stereocenters. The van der Waals surface area contributed by atoms with Crippen molar-refractivity contribution in [3.63, 3.8) is 0 Å². The molecule has 63 heavy (non-hydrogen) atoms. The highest BCUT2D eigenvalue weighted by Gasteiger charge is 2.47. The summed E-state index contributed by atoms with van der Waals surface area (Å²) >= 11 is 25.2. The summed E-state index contributed by atoms with van der Waals surface area (Å²) in [4.78, 5) is -0.979. The zero-order chi connectivity index (χ0) is 45.6. The van der Waals surface area contributed by atoms with Crippen molar-refractivity contribution in [1.82, 2.24) is 19.6 Å². The highest BCUT2D eigenvalue weighted by molar-refractivity contribution is 7.86. The van der Waals surface area contributed by atoms with Gasteiger partial charge in [-0.3, -0.25) is 9.11 Å². The fourth-order valence-corrected chi connectivity index (χ4v) is 10.4. The van der Waals surface area contributed by atoms with Crippen LogP contribution in [0.15, 0.2) is 82.6 Å². The molecule has 0 aliphatic heterocycles. The first-order chi connectivity index (χ1) is 29.4. The van der Waals surface area contributed by atoms with E-state index in [0.717, 1.165) is 24.3 Å². The molecule has 0 amide bonds. The lowest BCUT2D eigenvalue weighted by atomic mass is 9.91. The number of hydrogen-bond acceptors (Lipinski definition) is 6. The molecule has 332 valence electrons. The third kappa shape index (κ3) is 8.72. The molecule has 2 N–H and O–H groups in total. The number of alkyl halides is 6. The number of halogens is 10. The Balaban J connectivity index is 1.09. The first kappa shape index (κ1) is 45.4. The smallest absolute Gasteiger partial charge is 0.282 e. The Morgan fingerprint density at radius 3 is 1.29 bits per heavy atom. The van der Waals surface area contributed by atoms with Crippen molar-refractivity contribution in [3.8, 4) is 33.9 Å². The number of rotatable bonds is 12. The van der Waals surface area contributed by atoms with Gasteiger partial charge in [-0.05, 0) is 84.6 Å². The molecule has 22 heteroatoms. The molecule has 0 saturated carbocycles. The van der Waals surface area contributed by atoms with E-state index in [4.69, 9.17) is 46.4 Å². The SMILES string of the molecule is O=S(=O)(O)c1ccc2c(c1)-c1c(c(C(CCCCCC(c3nn(-c4ccc(Cl)cc4Cl)c4c3Cc3ccc(S(=O)(=O)O)cc3-4)C(F)(F)F)C(F)(F)F)nn1-c1ccc(Cl)cc1Cl)C2. The van der Waals surface area contributed by atoms with E-state index in [0.29, 0.717) is 11.1 Å². The van der Waals surface area contributed by atoms with Gasteiger partial charge in [0, 0.05) is 45.1 Å². The third-order valence-electron chi connectivity index (χ3n) is 11.2. The largest absolute Gasteiger partial charge is 0.397 e. The maximum absolute atomic E-state index is 15.1. The van der Waals surface area contributed by atoms with Crippen LogP contribution in [0.4, 0.5) is 26.3 Å². The van der Waals surface area contributed by atoms with Crippen molar-refractivity contribution < 1.29 is 52.3 Å². The summed E-state index contributed by atoms with van der Waals surface area (Å²) in [5.74, 6) is -4.39. The van der Waals surface area contributed by atoms with Gasteiger partial charge in [0.15, 0.2) is 0 Å². The molecule has 0 bridgehead atoms. The highest BCUT2D eigenvalue weighted by Crippen LogP contribution is 2.50. The molecule has 8 rings (SSSR count). The van der Waals surface area contributed by atoms with Gasteiger partial charge < -0.3 is 0 Å². The maximum atomic E-state index is 15.1. The van der Waals surface area contributed by atoms with Crippen molar-refractivity contribution in [1.29, 1.82) is 0 Å². The van der Waals surface area contributed by atoms with E-state index in [2.05, 4.69) is 10.2 Å². The van der Waals surface area contributed by atoms with Gasteiger partial charge in [-0.2, -0.15) is 53.4 Å². The predicted octanol–water partition coefficient (Wildman–Crippen LogP) is 12.2. The minimum Gasteiger partial charge on any atom is -0.282 e. The molecule has 0 saturated heterocycles. The van der Waals surface area contributed by atoms with Crippen LogP contribution in [0, 0.1) is 0 Å². The van der Waals surface area contributed by atoms with Crippen LogP contribution in [0.3, 0.4) is 0 Å². The third-order valence-corrected chi connectivity index (χ3v) is 14.0. The summed E-state index contributed by atoms with van der Waals surface area (Å²) in [7, 11) is -9.41. The summed E-state index contributed by atoms with van der Waals surface area (Å²) < 4.78 is 161. The molecule has 0 fully saturated rings. The van der Waals surface area contributed by atoms with Crippen molar-refractivity contribution >= 4 is 66.6 Å². The lowest BCUT2D eigenvalue weighted by molar-refractivity contribution is -0.153. The second kappa shape index (κ2) is 16.4. The fraction of sp³-hybridized carbons (Fsp3) is 0.268. The maximum Gasteiger partial charge on any atom is 0.397 e. The average Bonchev–Trinajstić information content (AvgIpc) is 3.92. The van der Waals surface area contributed by atoms with Gasteiger partial charge in [0.05, 0.1) is 65.8 Å². The lowest BCUT2D eigenvalue weighted by Crippen LogP contribution is -2.23. The standard InChI is InChI=1S/C41H30Cl4F6N4O6S2/c42-22-8-12-34(32(44)16-22)54-38-26-18-24(62(56,57)58)10-6-20(26)14-28(38)36(52-54)30(40(46,47)48)4-2-1-3-5-31(41(49,50)51)37-29-15-21-7-11-25(63(59,60)61)19-27(21)39(29)55(53-37)35-13-9-23(43)17-33(35)45/h6-13,16-19,30-31H,1-5,14-15H2,(H,56,57,58)(H,59,60,61). The zero-order valence-electron chi connectivity index (χ0n) is 31.9. The van der Waals surface area contributed by atoms with Gasteiger partial charge in [-0.25, -0.2) is 9.36 Å². The second-order valence-corrected chi connectivity index (χ2v) is 19.7. The van der Waals surface area contributed by atoms with E-state index in [1.807, 2.05) is 0 Å². The number of nitrogens with zero attached hydrogens (tertiary/aromatic N) is 4. The van der Waals surface area contributed by atoms with Crippen LogP contribution in [0.1, 0.15) is 77.6 Å². The van der Waals surface area contributed by atoms with Crippen LogP contribution >= 0.6 is 46.4 Å². The zero-order valence-corrected chi connectivity index (χ0v) is 36.6. The monoisotopic (exact) mass is 992 g/mol. The van der Waals surface area contributed by atoms with Crippen LogP contribution in [0.5, 0.6) is 0 Å². The molecule has 2 aromatic heterocycles. The molecule has 10 nitrogen and oxygen atoms in total. The first-order valence-corrected chi connectivity index (χ1v) is 23.3. The molecule has 0 spiro atoms. The number of benzene rings is 4. The van der Waals surface area contributed by atoms with Gasteiger partial charge in [0.2, 0.25) is 0 Å². The Morgan fingerprint density at radius 1 is 0.571 bits per heavy atom. The van der Waals surface area contributed by atoms with Crippen molar-refractivity contribution in [2.45, 2.75) is 78.9 Å². The normalized spacial score (nSPS) is 14.7. The van der Waals surface area contributed by atoms with Crippen LogP contribution < -0.4 is 0 Å². The minimum atomic E-state index is -4.87. The van der Waals surface area contributed by atoms with Crippen LogP contribution in [0.2, 0.25) is 20.1 Å². The van der Waals surface area contributed by atoms with Crippen molar-refractivity contribution in [3.05, 3.63) is 127 Å². The highest BCUT2D eigenvalue weighted by atomic mass is 35.5. The number of unbranched alkanes of at least 4 members (excludes halogenated alkanes) is 2. The van der Waals surface area contributed by atoms with E-state index in [9.17, 15) is 25.9 Å². The lowest BCUT2D eigenvalue weighted by Gasteiger charge is -2.21. The van der Waals surface area contributed by atoms with E-state index >= 15 is 26.3 Å². The Kier molecular flexibility index (Phi) is 11.8. The Hall–Kier alpha value is -4.14. The Bertz CT molecular complexity index is 2860. The molecule has 2 atom stereocenters. The summed E-state index contributed by atoms with van der Waals surface area (Å²) in [5, 5.41) is 9.29. The summed E-state index contributed by atoms with van der Waals surface area (Å²) in [6, 6.07) is 15.8. The summed E-state index contributed by atoms with van der Waals surface area (Å²) in [5.41, 5.74) is 1.39. The van der Waals surface area contributed by atoms with E-state index in [-0.39, 0.29) is 109 Å². The van der Waals surface area contributed by atoms with Crippen LogP contribution in [0.25, 0.3) is 33.9 Å². The Labute approximate surface area is 375 Å². The number of hydrogen-bond donors (Lipinski definition) is 2. The second-order valence-electron chi connectivity index (χ2n) is 15.2. The van der Waals surface area contributed by atoms with Crippen LogP contribution in [-0.2, 0) is 33.1 Å². The van der Waals surface area contributed by atoms with Crippen molar-refractivity contribution in [2.75, 3.05) is 0 Å². The predicted molar refractivity (Wildman–Crippen MR) is 224 cm³/mol. The van der Waals surface area contributed by atoms with Gasteiger partial charge in [-0.1, -0.05) is 77.8 Å². The minimum absolute atomic E-state index is 0.0278. The van der Waals surface area contributed by atoms with Gasteiger partial charge in [0.25, 0.3) is 20.2 Å². The molecule has 2 heterocycles. The van der Waals surface area contributed by atoms with Crippen molar-refractivity contribution in [2.24, 2.45) is 0 Å². The molecule has 2 aliphatic rings. The Morgan fingerprint density at radius 2 is 0.952 bits per heavy atom. The summed E-state index contributed by atoms with van der Waals surface area (Å²) in [6.45, 7) is 0. The first-order valence-electron chi connectivity index (χ1n) is 18.9. The number of fused-ring (bicyclic) bond motifs is 6. The molecule has 4 aromatic carbocycles. The van der Waals surface area contributed by atoms with E-state index < -0.39 is 67.1 Å². The molecule has 2 aliphatic carbocycles. The van der Waals surface area contributed by atoms with E-state index in [1.54, 1.807) is 0 Å². The van der Waals surface area contributed by atoms with Gasteiger partial charge >= 0.3 is 12.4 Å². The average molecular weight is 995 g/mol. The van der Waals surface area contributed by atoms with Gasteiger partial charge in [-0.15, -0.1) is 0 Å².